The minimum Gasteiger partial charge on any atom is -0.469 e. The maximum atomic E-state index is 11.4. The highest BCUT2D eigenvalue weighted by Gasteiger charge is 2.59. The molecule has 0 aromatic carbocycles. The third-order valence-electron chi connectivity index (χ3n) is 3.86. The first-order valence-corrected chi connectivity index (χ1v) is 7.27. The predicted molar refractivity (Wildman–Crippen MR) is 58.2 cm³/mol. The predicted octanol–water partition coefficient (Wildman–Crippen LogP) is 0.221. The van der Waals surface area contributed by atoms with Gasteiger partial charge >= 0.3 is 5.97 Å². The van der Waals surface area contributed by atoms with E-state index in [4.69, 9.17) is 4.74 Å². The van der Waals surface area contributed by atoms with Crippen molar-refractivity contribution in [2.24, 2.45) is 11.3 Å². The van der Waals surface area contributed by atoms with Gasteiger partial charge in [-0.2, -0.15) is 0 Å². The van der Waals surface area contributed by atoms with E-state index in [1.54, 1.807) is 0 Å². The molecule has 16 heavy (non-hydrogen) atoms. The summed E-state index contributed by atoms with van der Waals surface area (Å²) in [5.41, 5.74) is 0.0360. The number of carbonyl (C=O) groups is 1. The minimum absolute atomic E-state index is 0.000731. The first-order valence-electron chi connectivity index (χ1n) is 5.42. The fraction of sp³-hybridized carbons (Fsp3) is 0.900. The molecule has 1 atom stereocenters. The van der Waals surface area contributed by atoms with Crippen LogP contribution in [0.5, 0.6) is 0 Å². The van der Waals surface area contributed by atoms with E-state index >= 15 is 0 Å². The largest absolute Gasteiger partial charge is 0.469 e. The van der Waals surface area contributed by atoms with Crippen LogP contribution in [0.3, 0.4) is 0 Å². The molecule has 1 aliphatic heterocycles. The Morgan fingerprint density at radius 1 is 1.38 bits per heavy atom. The van der Waals surface area contributed by atoms with Crippen LogP contribution in [0.2, 0.25) is 0 Å². The van der Waals surface area contributed by atoms with Gasteiger partial charge in [-0.3, -0.25) is 4.79 Å². The van der Waals surface area contributed by atoms with Gasteiger partial charge in [-0.25, -0.2) is 12.7 Å². The molecule has 0 bridgehead atoms. The number of hydrogen-bond acceptors (Lipinski definition) is 4. The molecule has 1 heterocycles. The van der Waals surface area contributed by atoms with Gasteiger partial charge in [-0.15, -0.1) is 0 Å². The fourth-order valence-electron chi connectivity index (χ4n) is 2.64. The molecule has 6 heteroatoms. The molecule has 0 aromatic rings. The number of ether oxygens (including phenoxy) is 1. The molecule has 1 saturated carbocycles. The van der Waals surface area contributed by atoms with E-state index in [0.29, 0.717) is 13.1 Å². The molecule has 2 fully saturated rings. The summed E-state index contributed by atoms with van der Waals surface area (Å²) >= 11 is 0. The van der Waals surface area contributed by atoms with Crippen molar-refractivity contribution in [1.82, 2.24) is 4.31 Å². The quantitative estimate of drug-likeness (QED) is 0.655. The van der Waals surface area contributed by atoms with Crippen molar-refractivity contribution < 1.29 is 17.9 Å². The van der Waals surface area contributed by atoms with Crippen LogP contribution in [-0.4, -0.2) is 45.1 Å². The standard InChI is InChI=1S/C10H17NO4S/c1-15-9(12)8-7-10(8)3-5-11(6-4-10)16(2,13)14/h8H,3-7H2,1-2H3. The van der Waals surface area contributed by atoms with E-state index < -0.39 is 10.0 Å². The van der Waals surface area contributed by atoms with Crippen LogP contribution in [0, 0.1) is 11.3 Å². The molecule has 0 amide bonds. The summed E-state index contributed by atoms with van der Waals surface area (Å²) in [6.45, 7) is 1.07. The van der Waals surface area contributed by atoms with E-state index in [1.165, 1.54) is 17.7 Å². The third kappa shape index (κ3) is 1.96. The third-order valence-corrected chi connectivity index (χ3v) is 5.17. The zero-order valence-corrected chi connectivity index (χ0v) is 10.4. The van der Waals surface area contributed by atoms with Crippen LogP contribution in [0.15, 0.2) is 0 Å². The zero-order chi connectivity index (χ0) is 12.0. The lowest BCUT2D eigenvalue weighted by Crippen LogP contribution is -2.39. The van der Waals surface area contributed by atoms with Gasteiger partial charge in [0, 0.05) is 13.1 Å². The highest BCUT2D eigenvalue weighted by molar-refractivity contribution is 7.88. The molecule has 5 nitrogen and oxygen atoms in total. The summed E-state index contributed by atoms with van der Waals surface area (Å²) in [4.78, 5) is 11.4. The van der Waals surface area contributed by atoms with Gasteiger partial charge in [0.2, 0.25) is 10.0 Å². The lowest BCUT2D eigenvalue weighted by atomic mass is 9.92. The van der Waals surface area contributed by atoms with E-state index in [0.717, 1.165) is 19.3 Å². The first kappa shape index (κ1) is 11.9. The average Bonchev–Trinajstić information content (AvgIpc) is 2.90. The summed E-state index contributed by atoms with van der Waals surface area (Å²) in [6.07, 6.45) is 3.65. The highest BCUT2D eigenvalue weighted by Crippen LogP contribution is 2.59. The van der Waals surface area contributed by atoms with Crippen LogP contribution in [0.25, 0.3) is 0 Å². The molecule has 2 aliphatic rings. The molecule has 0 N–H and O–H groups in total. The van der Waals surface area contributed by atoms with Crippen molar-refractivity contribution in [3.63, 3.8) is 0 Å². The lowest BCUT2D eigenvalue weighted by Gasteiger charge is -2.30. The smallest absolute Gasteiger partial charge is 0.309 e. The van der Waals surface area contributed by atoms with Crippen LogP contribution in [0.4, 0.5) is 0 Å². The summed E-state index contributed by atoms with van der Waals surface area (Å²) < 4.78 is 28.9. The normalized spacial score (nSPS) is 29.0. The number of sulfonamides is 1. The van der Waals surface area contributed by atoms with Gasteiger partial charge in [0.1, 0.15) is 0 Å². The van der Waals surface area contributed by atoms with Gasteiger partial charge in [0.25, 0.3) is 0 Å². The highest BCUT2D eigenvalue weighted by atomic mass is 32.2. The second-order valence-electron chi connectivity index (χ2n) is 4.80. The van der Waals surface area contributed by atoms with Crippen LogP contribution < -0.4 is 0 Å². The van der Waals surface area contributed by atoms with E-state index in [2.05, 4.69) is 0 Å². The SMILES string of the molecule is COC(=O)C1CC12CCN(S(C)(=O)=O)CC2. The van der Waals surface area contributed by atoms with E-state index in [-0.39, 0.29) is 17.3 Å². The number of hydrogen-bond donors (Lipinski definition) is 0. The zero-order valence-electron chi connectivity index (χ0n) is 9.60. The number of piperidine rings is 1. The summed E-state index contributed by atoms with van der Waals surface area (Å²) in [6, 6.07) is 0. The Hall–Kier alpha value is -0.620. The molecule has 1 saturated heterocycles. The average molecular weight is 247 g/mol. The molecule has 1 spiro atoms. The van der Waals surface area contributed by atoms with Crippen LogP contribution in [-0.2, 0) is 19.6 Å². The Labute approximate surface area is 95.8 Å². The molecule has 0 aromatic heterocycles. The van der Waals surface area contributed by atoms with Crippen molar-refractivity contribution in [1.29, 1.82) is 0 Å². The van der Waals surface area contributed by atoms with E-state index in [1.807, 2.05) is 0 Å². The second-order valence-corrected chi connectivity index (χ2v) is 6.79. The fourth-order valence-corrected chi connectivity index (χ4v) is 3.48. The number of nitrogens with zero attached hydrogens (tertiary/aromatic N) is 1. The molecular formula is C10H17NO4S. The molecule has 1 unspecified atom stereocenters. The Morgan fingerprint density at radius 2 is 1.94 bits per heavy atom. The van der Waals surface area contributed by atoms with Gasteiger partial charge in [-0.1, -0.05) is 0 Å². The second kappa shape index (κ2) is 3.70. The van der Waals surface area contributed by atoms with Gasteiger partial charge in [0.05, 0.1) is 19.3 Å². The molecule has 1 aliphatic carbocycles. The number of methoxy groups -OCH3 is 1. The van der Waals surface area contributed by atoms with Gasteiger partial charge < -0.3 is 4.74 Å². The van der Waals surface area contributed by atoms with Crippen molar-refractivity contribution in [3.05, 3.63) is 0 Å². The Kier molecular flexibility index (Phi) is 2.74. The van der Waals surface area contributed by atoms with Crippen LogP contribution >= 0.6 is 0 Å². The minimum atomic E-state index is -3.07. The maximum Gasteiger partial charge on any atom is 0.309 e. The Morgan fingerprint density at radius 3 is 2.38 bits per heavy atom. The topological polar surface area (TPSA) is 63.7 Å². The summed E-state index contributed by atoms with van der Waals surface area (Å²) in [5, 5.41) is 0. The van der Waals surface area contributed by atoms with Crippen molar-refractivity contribution >= 4 is 16.0 Å². The van der Waals surface area contributed by atoms with E-state index in [9.17, 15) is 13.2 Å². The van der Waals surface area contributed by atoms with Gasteiger partial charge in [-0.05, 0) is 24.7 Å². The van der Waals surface area contributed by atoms with Crippen molar-refractivity contribution in [2.75, 3.05) is 26.5 Å². The Bertz CT molecular complexity index is 395. The first-order chi connectivity index (χ1) is 7.39. The lowest BCUT2D eigenvalue weighted by molar-refractivity contribution is -0.143. The summed E-state index contributed by atoms with van der Waals surface area (Å²) in [5.74, 6) is -0.146. The van der Waals surface area contributed by atoms with Gasteiger partial charge in [0.15, 0.2) is 0 Å². The monoisotopic (exact) mass is 247 g/mol. The molecule has 2 rings (SSSR count). The molecular weight excluding hydrogens is 230 g/mol. The molecule has 92 valence electrons. The van der Waals surface area contributed by atoms with Crippen molar-refractivity contribution in [3.8, 4) is 0 Å². The maximum absolute atomic E-state index is 11.4. The number of carbonyl (C=O) groups excluding carboxylic acids is 1. The van der Waals surface area contributed by atoms with Crippen LogP contribution in [0.1, 0.15) is 19.3 Å². The molecule has 0 radical (unpaired) electrons. The van der Waals surface area contributed by atoms with Crippen molar-refractivity contribution in [2.45, 2.75) is 19.3 Å². The summed E-state index contributed by atoms with van der Waals surface area (Å²) in [7, 11) is -1.67. The number of esters is 1. The number of rotatable bonds is 2. The Balaban J connectivity index is 1.95.